The molecule has 8 aromatic carbocycles. The molecule has 51 heavy (non-hydrogen) atoms. The number of para-hydroxylation sites is 2. The van der Waals surface area contributed by atoms with Gasteiger partial charge in [-0.25, -0.2) is 4.98 Å². The fourth-order valence-electron chi connectivity index (χ4n) is 8.57. The Hall–Kier alpha value is -6.56. The molecule has 0 unspecified atom stereocenters. The third-order valence-electron chi connectivity index (χ3n) is 10.7. The molecule has 0 fully saturated rings. The Kier molecular flexibility index (Phi) is 5.35. The number of fused-ring (bicyclic) bond motifs is 15. The van der Waals surface area contributed by atoms with Crippen molar-refractivity contribution in [1.29, 1.82) is 0 Å². The van der Waals surface area contributed by atoms with Crippen LogP contribution in [0.2, 0.25) is 0 Å². The van der Waals surface area contributed by atoms with Crippen molar-refractivity contribution >= 4 is 108 Å². The van der Waals surface area contributed by atoms with E-state index in [1.165, 1.54) is 69.2 Å². The number of hydrogen-bond acceptors (Lipinski definition) is 3. The van der Waals surface area contributed by atoms with E-state index in [1.54, 1.807) is 0 Å². The van der Waals surface area contributed by atoms with E-state index >= 15 is 0 Å². The molecule has 0 saturated carbocycles. The van der Waals surface area contributed by atoms with Crippen LogP contribution in [0.4, 0.5) is 0 Å². The van der Waals surface area contributed by atoms with Crippen LogP contribution in [0.5, 0.6) is 0 Å². The molecule has 0 N–H and O–H groups in total. The average Bonchev–Trinajstić information content (AvgIpc) is 3.84. The third kappa shape index (κ3) is 3.63. The predicted molar refractivity (Wildman–Crippen MR) is 216 cm³/mol. The van der Waals surface area contributed by atoms with E-state index in [0.717, 1.165) is 38.7 Å². The van der Waals surface area contributed by atoms with E-state index in [2.05, 4.69) is 161 Å². The number of benzene rings is 8. The third-order valence-corrected chi connectivity index (χ3v) is 11.9. The highest BCUT2D eigenvalue weighted by Gasteiger charge is 2.21. The molecular weight excluding hydrogens is 641 g/mol. The van der Waals surface area contributed by atoms with Crippen molar-refractivity contribution in [3.8, 4) is 11.5 Å². The number of aromatic nitrogens is 4. The van der Waals surface area contributed by atoms with Gasteiger partial charge in [-0.1, -0.05) is 115 Å². The van der Waals surface area contributed by atoms with E-state index < -0.39 is 0 Å². The first-order chi connectivity index (χ1) is 25.3. The Morgan fingerprint density at radius 1 is 0.392 bits per heavy atom. The van der Waals surface area contributed by atoms with Gasteiger partial charge in [-0.05, 0) is 47.2 Å². The summed E-state index contributed by atoms with van der Waals surface area (Å²) in [5, 5.41) is 12.1. The second kappa shape index (κ2) is 10.0. The maximum Gasteiger partial charge on any atom is 0.156 e. The largest absolute Gasteiger partial charge is 0.308 e. The number of nitrogens with zero attached hydrogens (tertiary/aromatic N) is 4. The molecule has 4 heterocycles. The highest BCUT2D eigenvalue weighted by molar-refractivity contribution is 7.26. The first-order valence-corrected chi connectivity index (χ1v) is 18.1. The second-order valence-electron chi connectivity index (χ2n) is 13.4. The SMILES string of the molecule is c1ccc2c(c1)sc1c(-n3c4ccccc4c4cc5c(cc43)c3ccccc3n5-c3cnc4c5ccccc5c5ccccc5c4n3)cccc12. The van der Waals surface area contributed by atoms with Crippen molar-refractivity contribution in [2.45, 2.75) is 0 Å². The number of thiophene rings is 1. The summed E-state index contributed by atoms with van der Waals surface area (Å²) in [4.78, 5) is 10.6. The Labute approximate surface area is 295 Å². The minimum atomic E-state index is 0.812. The van der Waals surface area contributed by atoms with Gasteiger partial charge >= 0.3 is 0 Å². The molecule has 236 valence electrons. The maximum atomic E-state index is 5.44. The topological polar surface area (TPSA) is 35.6 Å². The van der Waals surface area contributed by atoms with Crippen molar-refractivity contribution in [2.75, 3.05) is 0 Å². The van der Waals surface area contributed by atoms with Gasteiger partial charge in [0.1, 0.15) is 0 Å². The minimum absolute atomic E-state index is 0.812. The van der Waals surface area contributed by atoms with Gasteiger partial charge in [0.25, 0.3) is 0 Å². The fourth-order valence-corrected chi connectivity index (χ4v) is 9.77. The fraction of sp³-hybridized carbons (Fsp3) is 0. The van der Waals surface area contributed by atoms with Crippen molar-refractivity contribution in [1.82, 2.24) is 19.1 Å². The zero-order chi connectivity index (χ0) is 33.2. The van der Waals surface area contributed by atoms with Gasteiger partial charge in [0.2, 0.25) is 0 Å². The van der Waals surface area contributed by atoms with Gasteiger partial charge in [0, 0.05) is 47.8 Å². The molecule has 4 nitrogen and oxygen atoms in total. The van der Waals surface area contributed by atoms with E-state index in [4.69, 9.17) is 9.97 Å². The Bertz CT molecular complexity index is 3400. The summed E-state index contributed by atoms with van der Waals surface area (Å²) in [6.45, 7) is 0. The van der Waals surface area contributed by atoms with Gasteiger partial charge in [0.15, 0.2) is 5.82 Å². The van der Waals surface area contributed by atoms with Crippen LogP contribution in [0.15, 0.2) is 158 Å². The van der Waals surface area contributed by atoms with Crippen molar-refractivity contribution in [3.05, 3.63) is 158 Å². The molecule has 0 bridgehead atoms. The quantitative estimate of drug-likeness (QED) is 0.172. The molecule has 12 rings (SSSR count). The van der Waals surface area contributed by atoms with Crippen LogP contribution in [0.3, 0.4) is 0 Å². The zero-order valence-electron chi connectivity index (χ0n) is 27.2. The van der Waals surface area contributed by atoms with Crippen LogP contribution in [0, 0.1) is 0 Å². The molecular formula is C46H26N4S. The van der Waals surface area contributed by atoms with Crippen LogP contribution >= 0.6 is 11.3 Å². The molecule has 0 atom stereocenters. The monoisotopic (exact) mass is 666 g/mol. The van der Waals surface area contributed by atoms with Crippen molar-refractivity contribution < 1.29 is 0 Å². The lowest BCUT2D eigenvalue weighted by Crippen LogP contribution is -2.00. The molecule has 0 aliphatic rings. The summed E-state index contributed by atoms with van der Waals surface area (Å²) in [7, 11) is 0. The number of hydrogen-bond donors (Lipinski definition) is 0. The van der Waals surface area contributed by atoms with Crippen molar-refractivity contribution in [2.24, 2.45) is 0 Å². The van der Waals surface area contributed by atoms with Crippen LogP contribution in [-0.4, -0.2) is 19.1 Å². The molecule has 4 aromatic heterocycles. The zero-order valence-corrected chi connectivity index (χ0v) is 28.0. The van der Waals surface area contributed by atoms with Gasteiger partial charge in [0.05, 0.1) is 49.7 Å². The highest BCUT2D eigenvalue weighted by atomic mass is 32.1. The maximum absolute atomic E-state index is 5.44. The molecule has 0 saturated heterocycles. The second-order valence-corrected chi connectivity index (χ2v) is 14.4. The normalized spacial score (nSPS) is 12.3. The molecule has 0 amide bonds. The molecule has 0 aliphatic carbocycles. The number of rotatable bonds is 2. The average molecular weight is 667 g/mol. The summed E-state index contributed by atoms with van der Waals surface area (Å²) in [5.74, 6) is 0.812. The lowest BCUT2D eigenvalue weighted by molar-refractivity contribution is 1.08. The standard InChI is InChI=1S/C46H26N4S/c1-3-17-32-27(12-1)28-13-2-4-18-33(28)45-44(32)47-26-43(48-45)50-38-21-9-6-15-30(38)36-24-40-35(25-41(36)50)29-14-5-8-20-37(29)49(40)39-22-11-19-34-31-16-7-10-23-42(31)51-46(34)39/h1-26H. The van der Waals surface area contributed by atoms with Gasteiger partial charge < -0.3 is 4.57 Å². The summed E-state index contributed by atoms with van der Waals surface area (Å²) in [5.41, 5.74) is 7.68. The van der Waals surface area contributed by atoms with E-state index in [9.17, 15) is 0 Å². The van der Waals surface area contributed by atoms with Crippen LogP contribution in [0.25, 0.3) is 108 Å². The molecule has 12 aromatic rings. The molecule has 0 aliphatic heterocycles. The van der Waals surface area contributed by atoms with Gasteiger partial charge in [-0.2, -0.15) is 0 Å². The van der Waals surface area contributed by atoms with Gasteiger partial charge in [-0.3, -0.25) is 9.55 Å². The summed E-state index contributed by atoms with van der Waals surface area (Å²) >= 11 is 1.87. The summed E-state index contributed by atoms with van der Waals surface area (Å²) < 4.78 is 7.39. The smallest absolute Gasteiger partial charge is 0.156 e. The van der Waals surface area contributed by atoms with Crippen LogP contribution < -0.4 is 0 Å². The lowest BCUT2D eigenvalue weighted by atomic mass is 10.00. The van der Waals surface area contributed by atoms with E-state index in [0.29, 0.717) is 0 Å². The first-order valence-electron chi connectivity index (χ1n) is 17.3. The molecule has 5 heteroatoms. The molecule has 0 spiro atoms. The van der Waals surface area contributed by atoms with E-state index in [1.807, 2.05) is 17.5 Å². The Morgan fingerprint density at radius 2 is 0.922 bits per heavy atom. The summed E-state index contributed by atoms with van der Waals surface area (Å²) in [6, 6.07) is 54.8. The minimum Gasteiger partial charge on any atom is -0.308 e. The Morgan fingerprint density at radius 3 is 1.63 bits per heavy atom. The molecule has 0 radical (unpaired) electrons. The van der Waals surface area contributed by atoms with Crippen LogP contribution in [-0.2, 0) is 0 Å². The Balaban J connectivity index is 1.20. The van der Waals surface area contributed by atoms with Crippen LogP contribution in [0.1, 0.15) is 0 Å². The summed E-state index contributed by atoms with van der Waals surface area (Å²) in [6.07, 6.45) is 1.95. The first kappa shape index (κ1) is 27.3. The highest BCUT2D eigenvalue weighted by Crippen LogP contribution is 2.43. The predicted octanol–water partition coefficient (Wildman–Crippen LogP) is 12.5. The lowest BCUT2D eigenvalue weighted by Gasteiger charge is -2.12. The van der Waals surface area contributed by atoms with Gasteiger partial charge in [-0.15, -0.1) is 11.3 Å². The van der Waals surface area contributed by atoms with E-state index in [-0.39, 0.29) is 0 Å². The van der Waals surface area contributed by atoms with Crippen molar-refractivity contribution in [3.63, 3.8) is 0 Å².